The van der Waals surface area contributed by atoms with Crippen molar-refractivity contribution in [2.24, 2.45) is 0 Å². The van der Waals surface area contributed by atoms with E-state index >= 15 is 0 Å². The Kier molecular flexibility index (Phi) is 4.95. The molecule has 0 unspecified atom stereocenters. The van der Waals surface area contributed by atoms with Crippen molar-refractivity contribution in [1.29, 1.82) is 0 Å². The number of benzene rings is 1. The Morgan fingerprint density at radius 1 is 1.35 bits per heavy atom. The smallest absolute Gasteiger partial charge is 0.324 e. The van der Waals surface area contributed by atoms with E-state index in [-0.39, 0.29) is 9.92 Å². The Bertz CT molecular complexity index is 566. The van der Waals surface area contributed by atoms with Crippen molar-refractivity contribution in [3.05, 3.63) is 51.4 Å². The highest BCUT2D eigenvalue weighted by molar-refractivity contribution is 7.13. The Labute approximate surface area is 121 Å². The van der Waals surface area contributed by atoms with Crippen LogP contribution in [0.5, 0.6) is 5.75 Å². The lowest BCUT2D eigenvalue weighted by atomic mass is 10.2. The molecule has 1 N–H and O–H groups in total. The first kappa shape index (κ1) is 14.3. The quantitative estimate of drug-likeness (QED) is 0.617. The van der Waals surface area contributed by atoms with Crippen LogP contribution in [0.15, 0.2) is 35.7 Å². The summed E-state index contributed by atoms with van der Waals surface area (Å²) >= 11 is 1.15. The van der Waals surface area contributed by atoms with E-state index in [0.717, 1.165) is 34.8 Å². The normalized spacial score (nSPS) is 10.2. The van der Waals surface area contributed by atoms with E-state index in [1.54, 1.807) is 11.4 Å². The van der Waals surface area contributed by atoms with E-state index in [1.807, 2.05) is 24.3 Å². The molecule has 5 nitrogen and oxygen atoms in total. The number of nitrogens with zero attached hydrogens (tertiary/aromatic N) is 1. The lowest BCUT2D eigenvalue weighted by Gasteiger charge is -2.07. The lowest BCUT2D eigenvalue weighted by Crippen LogP contribution is -1.99. The molecule has 0 aliphatic rings. The largest absolute Gasteiger partial charge is 0.494 e. The van der Waals surface area contributed by atoms with E-state index in [2.05, 4.69) is 12.2 Å². The number of hydrogen-bond donors (Lipinski definition) is 1. The molecule has 0 saturated carbocycles. The van der Waals surface area contributed by atoms with Crippen molar-refractivity contribution in [3.8, 4) is 5.75 Å². The number of nitro groups is 1. The summed E-state index contributed by atoms with van der Waals surface area (Å²) in [6.07, 6.45) is 0.983. The first-order chi connectivity index (χ1) is 9.69. The van der Waals surface area contributed by atoms with Gasteiger partial charge in [-0.2, -0.15) is 0 Å². The molecule has 6 heteroatoms. The zero-order chi connectivity index (χ0) is 14.4. The average Bonchev–Trinajstić information content (AvgIpc) is 2.93. The summed E-state index contributed by atoms with van der Waals surface area (Å²) in [6.45, 7) is 3.35. The van der Waals surface area contributed by atoms with Crippen LogP contribution in [-0.4, -0.2) is 11.5 Å². The Balaban J connectivity index is 1.88. The highest BCUT2D eigenvalue weighted by Gasteiger charge is 2.09. The Morgan fingerprint density at radius 2 is 2.10 bits per heavy atom. The van der Waals surface area contributed by atoms with Gasteiger partial charge in [-0.1, -0.05) is 18.3 Å². The van der Waals surface area contributed by atoms with E-state index in [9.17, 15) is 10.1 Å². The summed E-state index contributed by atoms with van der Waals surface area (Å²) in [5, 5.41) is 15.8. The van der Waals surface area contributed by atoms with E-state index in [1.165, 1.54) is 0 Å². The molecular weight excluding hydrogens is 276 g/mol. The molecule has 0 atom stereocenters. The van der Waals surface area contributed by atoms with Gasteiger partial charge in [-0.3, -0.25) is 10.1 Å². The molecule has 0 fully saturated rings. The monoisotopic (exact) mass is 292 g/mol. The number of anilines is 1. The third-order valence-corrected chi connectivity index (χ3v) is 3.57. The fourth-order valence-corrected chi connectivity index (χ4v) is 2.37. The van der Waals surface area contributed by atoms with Gasteiger partial charge in [-0.25, -0.2) is 0 Å². The van der Waals surface area contributed by atoms with Gasteiger partial charge in [-0.15, -0.1) is 0 Å². The molecule has 1 aromatic carbocycles. The second-order valence-corrected chi connectivity index (χ2v) is 5.17. The van der Waals surface area contributed by atoms with E-state index in [4.69, 9.17) is 4.74 Å². The van der Waals surface area contributed by atoms with Gasteiger partial charge in [0.15, 0.2) is 0 Å². The Morgan fingerprint density at radius 3 is 2.70 bits per heavy atom. The predicted molar refractivity (Wildman–Crippen MR) is 80.5 cm³/mol. The molecule has 0 aliphatic carbocycles. The topological polar surface area (TPSA) is 64.4 Å². The molecule has 1 aromatic heterocycles. The van der Waals surface area contributed by atoms with Gasteiger partial charge in [0.2, 0.25) is 0 Å². The minimum Gasteiger partial charge on any atom is -0.494 e. The molecule has 0 spiro atoms. The summed E-state index contributed by atoms with van der Waals surface area (Å²) in [5.41, 5.74) is 1.87. The maximum atomic E-state index is 10.6. The molecular formula is C14H16N2O3S. The number of rotatable bonds is 7. The van der Waals surface area contributed by atoms with Gasteiger partial charge in [0.25, 0.3) is 0 Å². The third kappa shape index (κ3) is 3.96. The average molecular weight is 292 g/mol. The maximum absolute atomic E-state index is 10.6. The standard InChI is InChI=1S/C14H16N2O3S/c1-2-7-19-13-5-3-12(4-6-13)15-9-11-8-14(16(17)18)20-10-11/h3-6,8,10,15H,2,7,9H2,1H3. The maximum Gasteiger partial charge on any atom is 0.324 e. The van der Waals surface area contributed by atoms with Gasteiger partial charge >= 0.3 is 5.00 Å². The lowest BCUT2D eigenvalue weighted by molar-refractivity contribution is -0.380. The van der Waals surface area contributed by atoms with Crippen LogP contribution in [0.3, 0.4) is 0 Å². The van der Waals surface area contributed by atoms with Crippen LogP contribution in [0.2, 0.25) is 0 Å². The minimum atomic E-state index is -0.367. The number of ether oxygens (including phenoxy) is 1. The van der Waals surface area contributed by atoms with Gasteiger partial charge in [0.1, 0.15) is 5.75 Å². The second-order valence-electron chi connectivity index (χ2n) is 4.28. The molecule has 20 heavy (non-hydrogen) atoms. The van der Waals surface area contributed by atoms with Crippen LogP contribution in [0.25, 0.3) is 0 Å². The van der Waals surface area contributed by atoms with Crippen molar-refractivity contribution >= 4 is 22.0 Å². The van der Waals surface area contributed by atoms with Crippen molar-refractivity contribution in [3.63, 3.8) is 0 Å². The predicted octanol–water partition coefficient (Wildman–Crippen LogP) is 4.06. The van der Waals surface area contributed by atoms with Gasteiger partial charge in [0.05, 0.1) is 11.5 Å². The molecule has 0 aliphatic heterocycles. The zero-order valence-corrected chi connectivity index (χ0v) is 12.0. The molecule has 0 radical (unpaired) electrons. The fraction of sp³-hybridized carbons (Fsp3) is 0.286. The van der Waals surface area contributed by atoms with Crippen LogP contribution in [-0.2, 0) is 6.54 Å². The first-order valence-corrected chi connectivity index (χ1v) is 7.25. The number of hydrogen-bond acceptors (Lipinski definition) is 5. The molecule has 0 amide bonds. The van der Waals surface area contributed by atoms with Crippen LogP contribution >= 0.6 is 11.3 Å². The number of thiophene rings is 1. The fourth-order valence-electron chi connectivity index (χ4n) is 1.64. The van der Waals surface area contributed by atoms with Crippen molar-refractivity contribution in [2.75, 3.05) is 11.9 Å². The number of nitrogens with one attached hydrogen (secondary N) is 1. The molecule has 106 valence electrons. The highest BCUT2D eigenvalue weighted by atomic mass is 32.1. The Hall–Kier alpha value is -2.08. The van der Waals surface area contributed by atoms with Crippen molar-refractivity contribution < 1.29 is 9.66 Å². The summed E-state index contributed by atoms with van der Waals surface area (Å²) in [7, 11) is 0. The molecule has 0 bridgehead atoms. The van der Waals surface area contributed by atoms with Gasteiger partial charge in [0, 0.05) is 23.7 Å². The van der Waals surface area contributed by atoms with Crippen molar-refractivity contribution in [2.45, 2.75) is 19.9 Å². The first-order valence-electron chi connectivity index (χ1n) is 6.37. The highest BCUT2D eigenvalue weighted by Crippen LogP contribution is 2.23. The third-order valence-electron chi connectivity index (χ3n) is 2.64. The van der Waals surface area contributed by atoms with Crippen molar-refractivity contribution in [1.82, 2.24) is 0 Å². The van der Waals surface area contributed by atoms with Crippen LogP contribution in [0.1, 0.15) is 18.9 Å². The summed E-state index contributed by atoms with van der Waals surface area (Å²) in [6, 6.07) is 9.29. The van der Waals surface area contributed by atoms with Gasteiger partial charge < -0.3 is 10.1 Å². The minimum absolute atomic E-state index is 0.171. The molecule has 1 heterocycles. The SMILES string of the molecule is CCCOc1ccc(NCc2csc([N+](=O)[O-])c2)cc1. The summed E-state index contributed by atoms with van der Waals surface area (Å²) in [4.78, 5) is 10.2. The summed E-state index contributed by atoms with van der Waals surface area (Å²) < 4.78 is 5.50. The summed E-state index contributed by atoms with van der Waals surface area (Å²) in [5.74, 6) is 0.851. The molecule has 0 saturated heterocycles. The second kappa shape index (κ2) is 6.91. The zero-order valence-electron chi connectivity index (χ0n) is 11.2. The molecule has 2 aromatic rings. The molecule has 2 rings (SSSR count). The van der Waals surface area contributed by atoms with Crippen LogP contribution in [0, 0.1) is 10.1 Å². The van der Waals surface area contributed by atoms with Crippen LogP contribution in [0.4, 0.5) is 10.7 Å². The van der Waals surface area contributed by atoms with Gasteiger partial charge in [-0.05, 0) is 36.2 Å². The van der Waals surface area contributed by atoms with E-state index in [0.29, 0.717) is 13.2 Å². The van der Waals surface area contributed by atoms with E-state index < -0.39 is 0 Å². The van der Waals surface area contributed by atoms with Crippen LogP contribution < -0.4 is 10.1 Å².